The molecule has 1 atom stereocenters. The fourth-order valence-electron chi connectivity index (χ4n) is 1.45. The van der Waals surface area contributed by atoms with E-state index in [-0.39, 0.29) is 4.90 Å². The molecule has 1 aromatic rings. The summed E-state index contributed by atoms with van der Waals surface area (Å²) in [6.07, 6.45) is 2.28. The summed E-state index contributed by atoms with van der Waals surface area (Å²) in [5.74, 6) is -1.79. The molecular formula is C13H15NO6S. The molecule has 0 bridgehead atoms. The molecule has 1 rings (SSSR count). The van der Waals surface area contributed by atoms with Crippen molar-refractivity contribution in [2.75, 3.05) is 7.11 Å². The molecule has 0 saturated carbocycles. The molecular weight excluding hydrogens is 298 g/mol. The van der Waals surface area contributed by atoms with Gasteiger partial charge < -0.3 is 9.84 Å². The molecule has 0 fully saturated rings. The topological polar surface area (TPSA) is 110 Å². The lowest BCUT2D eigenvalue weighted by Gasteiger charge is -2.12. The number of methoxy groups -OCH3 is 1. The molecule has 0 saturated heterocycles. The van der Waals surface area contributed by atoms with Gasteiger partial charge in [0.15, 0.2) is 0 Å². The molecule has 114 valence electrons. The minimum atomic E-state index is -3.85. The first-order valence-electron chi connectivity index (χ1n) is 5.87. The maximum Gasteiger partial charge on any atom is 0.328 e. The summed E-state index contributed by atoms with van der Waals surface area (Å²) in [6, 6.07) is 4.53. The van der Waals surface area contributed by atoms with Crippen LogP contribution in [0.3, 0.4) is 0 Å². The number of carbonyl (C=O) groups excluding carboxylic acids is 1. The van der Waals surface area contributed by atoms with E-state index < -0.39 is 28.0 Å². The zero-order chi connectivity index (χ0) is 16.0. The van der Waals surface area contributed by atoms with E-state index in [0.717, 1.165) is 13.2 Å². The fourth-order valence-corrected chi connectivity index (χ4v) is 2.64. The largest absolute Gasteiger partial charge is 0.478 e. The van der Waals surface area contributed by atoms with E-state index in [1.165, 1.54) is 37.3 Å². The van der Waals surface area contributed by atoms with Crippen molar-refractivity contribution in [2.24, 2.45) is 0 Å². The van der Waals surface area contributed by atoms with E-state index in [1.807, 2.05) is 0 Å². The first kappa shape index (κ1) is 16.9. The number of esters is 1. The molecule has 2 N–H and O–H groups in total. The first-order valence-corrected chi connectivity index (χ1v) is 7.36. The number of carbonyl (C=O) groups is 2. The van der Waals surface area contributed by atoms with Crippen molar-refractivity contribution in [2.45, 2.75) is 17.9 Å². The molecule has 0 unspecified atom stereocenters. The van der Waals surface area contributed by atoms with Crippen molar-refractivity contribution in [1.82, 2.24) is 4.72 Å². The van der Waals surface area contributed by atoms with Gasteiger partial charge in [0.1, 0.15) is 6.04 Å². The van der Waals surface area contributed by atoms with E-state index in [2.05, 4.69) is 9.46 Å². The van der Waals surface area contributed by atoms with Gasteiger partial charge in [-0.05, 0) is 30.7 Å². The number of rotatable bonds is 6. The summed E-state index contributed by atoms with van der Waals surface area (Å²) in [4.78, 5) is 21.5. The Balaban J connectivity index is 2.90. The number of hydrogen-bond donors (Lipinski definition) is 2. The summed E-state index contributed by atoms with van der Waals surface area (Å²) < 4.78 is 30.6. The fraction of sp³-hybridized carbons (Fsp3) is 0.231. The highest BCUT2D eigenvalue weighted by molar-refractivity contribution is 7.89. The zero-order valence-corrected chi connectivity index (χ0v) is 12.3. The molecule has 0 heterocycles. The molecule has 0 amide bonds. The van der Waals surface area contributed by atoms with Crippen LogP contribution in [0.4, 0.5) is 0 Å². The number of aliphatic carboxylic acids is 1. The highest BCUT2D eigenvalue weighted by Gasteiger charge is 2.22. The molecule has 0 aliphatic carbocycles. The third-order valence-corrected chi connectivity index (χ3v) is 4.05. The third-order valence-electron chi connectivity index (χ3n) is 2.50. The molecule has 7 nitrogen and oxygen atoms in total. The van der Waals surface area contributed by atoms with Gasteiger partial charge >= 0.3 is 11.9 Å². The van der Waals surface area contributed by atoms with Gasteiger partial charge in [-0.3, -0.25) is 4.79 Å². The van der Waals surface area contributed by atoms with Gasteiger partial charge in [0.25, 0.3) is 0 Å². The van der Waals surface area contributed by atoms with Gasteiger partial charge in [-0.25, -0.2) is 13.2 Å². The van der Waals surface area contributed by atoms with Gasteiger partial charge in [-0.1, -0.05) is 12.1 Å². The molecule has 21 heavy (non-hydrogen) atoms. The highest BCUT2D eigenvalue weighted by Crippen LogP contribution is 2.12. The van der Waals surface area contributed by atoms with Crippen molar-refractivity contribution in [1.29, 1.82) is 0 Å². The molecule has 0 aliphatic heterocycles. The zero-order valence-electron chi connectivity index (χ0n) is 11.4. The van der Waals surface area contributed by atoms with Crippen molar-refractivity contribution >= 4 is 28.0 Å². The summed E-state index contributed by atoms with van der Waals surface area (Å²) in [5, 5.41) is 8.50. The van der Waals surface area contributed by atoms with Crippen molar-refractivity contribution in [3.63, 3.8) is 0 Å². The van der Waals surface area contributed by atoms with Gasteiger partial charge in [-0.15, -0.1) is 0 Å². The van der Waals surface area contributed by atoms with Crippen molar-refractivity contribution in [3.8, 4) is 0 Å². The quantitative estimate of drug-likeness (QED) is 0.588. The lowest BCUT2D eigenvalue weighted by molar-refractivity contribution is -0.142. The Hall–Kier alpha value is -2.19. The van der Waals surface area contributed by atoms with Crippen molar-refractivity contribution in [3.05, 3.63) is 35.9 Å². The summed E-state index contributed by atoms with van der Waals surface area (Å²) >= 11 is 0. The van der Waals surface area contributed by atoms with E-state index >= 15 is 0 Å². The maximum atomic E-state index is 12.0. The van der Waals surface area contributed by atoms with Crippen LogP contribution in [0.15, 0.2) is 35.2 Å². The average Bonchev–Trinajstić information content (AvgIpc) is 2.44. The van der Waals surface area contributed by atoms with Crippen LogP contribution >= 0.6 is 0 Å². The second-order valence-corrected chi connectivity index (χ2v) is 5.82. The number of carboxylic acid groups (broad SMARTS) is 1. The normalized spacial score (nSPS) is 13.0. The minimum Gasteiger partial charge on any atom is -0.478 e. The molecule has 0 aliphatic rings. The van der Waals surface area contributed by atoms with Crippen LogP contribution in [-0.2, 0) is 24.3 Å². The van der Waals surface area contributed by atoms with Gasteiger partial charge in [0.05, 0.1) is 12.0 Å². The second-order valence-electron chi connectivity index (χ2n) is 4.11. The molecule has 0 radical (unpaired) electrons. The lowest BCUT2D eigenvalue weighted by atomic mass is 10.2. The Kier molecular flexibility index (Phi) is 5.62. The Morgan fingerprint density at radius 1 is 1.29 bits per heavy atom. The number of ether oxygens (including phenoxy) is 1. The van der Waals surface area contributed by atoms with Crippen LogP contribution in [0.2, 0.25) is 0 Å². The highest BCUT2D eigenvalue weighted by atomic mass is 32.2. The van der Waals surface area contributed by atoms with Crippen LogP contribution in [0.25, 0.3) is 6.08 Å². The number of benzene rings is 1. The van der Waals surface area contributed by atoms with Gasteiger partial charge in [-0.2, -0.15) is 4.72 Å². The Bertz CT molecular complexity index is 648. The first-order chi connectivity index (χ1) is 9.76. The van der Waals surface area contributed by atoms with Crippen LogP contribution in [0.5, 0.6) is 0 Å². The Labute approximate surface area is 122 Å². The Morgan fingerprint density at radius 3 is 2.33 bits per heavy atom. The van der Waals surface area contributed by atoms with E-state index in [9.17, 15) is 18.0 Å². The van der Waals surface area contributed by atoms with Crippen LogP contribution in [0.1, 0.15) is 12.5 Å². The standard InChI is InChI=1S/C13H15NO6S/c1-9(13(17)20-2)14-21(18,19)11-6-3-10(4-7-11)5-8-12(15)16/h3-9,14H,1-2H3,(H,15,16)/b8-5+/t9-/m0/s1. The summed E-state index contributed by atoms with van der Waals surface area (Å²) in [6.45, 7) is 1.37. The van der Waals surface area contributed by atoms with E-state index in [4.69, 9.17) is 5.11 Å². The predicted molar refractivity (Wildman–Crippen MR) is 74.9 cm³/mol. The van der Waals surface area contributed by atoms with Crippen molar-refractivity contribution < 1.29 is 27.9 Å². The van der Waals surface area contributed by atoms with Gasteiger partial charge in [0, 0.05) is 6.08 Å². The monoisotopic (exact) mass is 313 g/mol. The average molecular weight is 313 g/mol. The minimum absolute atomic E-state index is 0.0364. The Morgan fingerprint density at radius 2 is 1.86 bits per heavy atom. The number of carboxylic acids is 1. The van der Waals surface area contributed by atoms with Crippen LogP contribution in [0, 0.1) is 0 Å². The summed E-state index contributed by atoms with van der Waals surface area (Å²) in [7, 11) is -2.69. The van der Waals surface area contributed by atoms with Crippen LogP contribution in [-0.4, -0.2) is 38.6 Å². The number of hydrogen-bond acceptors (Lipinski definition) is 5. The van der Waals surface area contributed by atoms with Gasteiger partial charge in [0.2, 0.25) is 10.0 Å². The van der Waals surface area contributed by atoms with E-state index in [0.29, 0.717) is 5.56 Å². The van der Waals surface area contributed by atoms with Crippen LogP contribution < -0.4 is 4.72 Å². The second kappa shape index (κ2) is 7.00. The maximum absolute atomic E-state index is 12.0. The lowest BCUT2D eigenvalue weighted by Crippen LogP contribution is -2.39. The third kappa shape index (κ3) is 5.01. The molecule has 1 aromatic carbocycles. The molecule has 8 heteroatoms. The number of nitrogens with one attached hydrogen (secondary N) is 1. The molecule has 0 aromatic heterocycles. The number of sulfonamides is 1. The predicted octanol–water partition coefficient (Wildman–Crippen LogP) is 0.624. The smallest absolute Gasteiger partial charge is 0.328 e. The SMILES string of the molecule is COC(=O)[C@H](C)NS(=O)(=O)c1ccc(/C=C/C(=O)O)cc1. The van der Waals surface area contributed by atoms with E-state index in [1.54, 1.807) is 0 Å². The summed E-state index contributed by atoms with van der Waals surface area (Å²) in [5.41, 5.74) is 0.539. The molecule has 0 spiro atoms.